The molecule has 0 spiro atoms. The molecule has 0 saturated carbocycles. The van der Waals surface area contributed by atoms with Gasteiger partial charge in [-0.15, -0.1) is 0 Å². The van der Waals surface area contributed by atoms with Crippen molar-refractivity contribution < 1.29 is 9.53 Å². The number of ether oxygens (including phenoxy) is 1. The zero-order chi connectivity index (χ0) is 16.2. The van der Waals surface area contributed by atoms with Gasteiger partial charge in [0.1, 0.15) is 6.10 Å². The average Bonchev–Trinajstić information content (AvgIpc) is 3.15. The molecule has 0 bridgehead atoms. The molecule has 23 heavy (non-hydrogen) atoms. The van der Waals surface area contributed by atoms with Gasteiger partial charge in [0.15, 0.2) is 0 Å². The number of benzene rings is 1. The molecule has 1 aliphatic rings. The molecule has 0 unspecified atom stereocenters. The minimum absolute atomic E-state index is 0.0530. The normalized spacial score (nSPS) is 20.4. The highest BCUT2D eigenvalue weighted by Crippen LogP contribution is 2.29. The minimum atomic E-state index is -0.208. The molecule has 2 N–H and O–H groups in total. The van der Waals surface area contributed by atoms with Gasteiger partial charge in [-0.25, -0.2) is 4.79 Å². The van der Waals surface area contributed by atoms with Gasteiger partial charge in [0.2, 0.25) is 0 Å². The Hall–Kier alpha value is -2.05. The molecule has 2 amide bonds. The maximum atomic E-state index is 12.1. The summed E-state index contributed by atoms with van der Waals surface area (Å²) in [6, 6.07) is 9.13. The third-order valence-corrected chi connectivity index (χ3v) is 4.21. The van der Waals surface area contributed by atoms with Crippen molar-refractivity contribution >= 4 is 17.6 Å². The topological polar surface area (TPSA) is 68.2 Å². The van der Waals surface area contributed by atoms with Crippen molar-refractivity contribution in [1.82, 2.24) is 20.4 Å². The first-order valence-corrected chi connectivity index (χ1v) is 7.89. The molecule has 0 radical (unpaired) electrons. The van der Waals surface area contributed by atoms with Crippen LogP contribution in [0, 0.1) is 0 Å². The van der Waals surface area contributed by atoms with E-state index in [1.165, 1.54) is 0 Å². The quantitative estimate of drug-likeness (QED) is 0.902. The molecule has 122 valence electrons. The van der Waals surface area contributed by atoms with Gasteiger partial charge in [-0.05, 0) is 30.2 Å². The van der Waals surface area contributed by atoms with Gasteiger partial charge in [0.05, 0.1) is 18.3 Å². The van der Waals surface area contributed by atoms with Crippen LogP contribution in [0.25, 0.3) is 0 Å². The lowest BCUT2D eigenvalue weighted by Crippen LogP contribution is -2.43. The molecule has 1 aromatic carbocycles. The van der Waals surface area contributed by atoms with Gasteiger partial charge in [-0.1, -0.05) is 23.7 Å². The Bertz CT molecular complexity index is 671. The molecule has 7 heteroatoms. The van der Waals surface area contributed by atoms with Gasteiger partial charge < -0.3 is 15.4 Å². The molecule has 1 saturated heterocycles. The molecule has 2 aromatic rings. The van der Waals surface area contributed by atoms with Crippen LogP contribution in [0.1, 0.15) is 23.8 Å². The van der Waals surface area contributed by atoms with Crippen LogP contribution in [-0.2, 0) is 18.3 Å². The van der Waals surface area contributed by atoms with Crippen molar-refractivity contribution in [2.24, 2.45) is 7.05 Å². The molecule has 2 atom stereocenters. The summed E-state index contributed by atoms with van der Waals surface area (Å²) in [6.07, 6.45) is 2.35. The van der Waals surface area contributed by atoms with Crippen molar-refractivity contribution in [1.29, 1.82) is 0 Å². The highest BCUT2D eigenvalue weighted by molar-refractivity contribution is 6.30. The minimum Gasteiger partial charge on any atom is -0.371 e. The Kier molecular flexibility index (Phi) is 4.83. The van der Waals surface area contributed by atoms with Crippen LogP contribution in [0.4, 0.5) is 4.79 Å². The third-order valence-electron chi connectivity index (χ3n) is 3.96. The second-order valence-electron chi connectivity index (χ2n) is 5.51. The summed E-state index contributed by atoms with van der Waals surface area (Å²) in [7, 11) is 1.84. The second-order valence-corrected chi connectivity index (χ2v) is 5.95. The van der Waals surface area contributed by atoms with E-state index in [1.807, 2.05) is 37.4 Å². The number of halogens is 1. The number of carbonyl (C=O) groups is 1. The second kappa shape index (κ2) is 7.02. The van der Waals surface area contributed by atoms with E-state index in [4.69, 9.17) is 16.3 Å². The fourth-order valence-corrected chi connectivity index (χ4v) is 2.81. The molecule has 2 heterocycles. The van der Waals surface area contributed by atoms with Crippen molar-refractivity contribution in [2.45, 2.75) is 25.1 Å². The summed E-state index contributed by atoms with van der Waals surface area (Å²) >= 11 is 5.91. The number of aromatic nitrogens is 2. The fraction of sp³-hybridized carbons (Fsp3) is 0.375. The molecular formula is C16H19ClN4O2. The average molecular weight is 335 g/mol. The molecule has 0 aliphatic carbocycles. The standard InChI is InChI=1S/C16H19ClN4O2/c1-21-13(6-8-19-21)10-18-16(22)20-14-7-9-23-15(14)11-2-4-12(17)5-3-11/h2-6,8,14-15H,7,9-10H2,1H3,(H2,18,20,22)/t14-,15+/m1/s1. The molecule has 3 rings (SSSR count). The van der Waals surface area contributed by atoms with E-state index in [0.29, 0.717) is 18.2 Å². The van der Waals surface area contributed by atoms with E-state index in [9.17, 15) is 4.79 Å². The highest BCUT2D eigenvalue weighted by Gasteiger charge is 2.30. The van der Waals surface area contributed by atoms with Gasteiger partial charge >= 0.3 is 6.03 Å². The summed E-state index contributed by atoms with van der Waals surface area (Å²) in [5.74, 6) is 0. The van der Waals surface area contributed by atoms with E-state index in [2.05, 4.69) is 15.7 Å². The number of hydrogen-bond donors (Lipinski definition) is 2. The zero-order valence-electron chi connectivity index (χ0n) is 12.8. The number of rotatable bonds is 4. The monoisotopic (exact) mass is 334 g/mol. The van der Waals surface area contributed by atoms with Crippen molar-refractivity contribution in [2.75, 3.05) is 6.61 Å². The van der Waals surface area contributed by atoms with Crippen molar-refractivity contribution in [3.05, 3.63) is 52.8 Å². The molecule has 1 aliphatic heterocycles. The number of carbonyl (C=O) groups excluding carboxylic acids is 1. The van der Waals surface area contributed by atoms with E-state index < -0.39 is 0 Å². The van der Waals surface area contributed by atoms with Crippen LogP contribution in [0.5, 0.6) is 0 Å². The summed E-state index contributed by atoms with van der Waals surface area (Å²) in [5.41, 5.74) is 1.96. The predicted molar refractivity (Wildman–Crippen MR) is 87.1 cm³/mol. The summed E-state index contributed by atoms with van der Waals surface area (Å²) in [4.78, 5) is 12.1. The lowest BCUT2D eigenvalue weighted by atomic mass is 10.0. The number of aryl methyl sites for hydroxylation is 1. The number of amides is 2. The number of nitrogens with one attached hydrogen (secondary N) is 2. The maximum Gasteiger partial charge on any atom is 0.315 e. The lowest BCUT2D eigenvalue weighted by molar-refractivity contribution is 0.0999. The Labute approximate surface area is 139 Å². The smallest absolute Gasteiger partial charge is 0.315 e. The van der Waals surface area contributed by atoms with E-state index in [-0.39, 0.29) is 18.2 Å². The Morgan fingerprint density at radius 3 is 2.87 bits per heavy atom. The molecule has 1 aromatic heterocycles. The fourth-order valence-electron chi connectivity index (χ4n) is 2.68. The largest absolute Gasteiger partial charge is 0.371 e. The van der Waals surface area contributed by atoms with Crippen LogP contribution >= 0.6 is 11.6 Å². The number of nitrogens with zero attached hydrogens (tertiary/aromatic N) is 2. The van der Waals surface area contributed by atoms with Gasteiger partial charge in [-0.2, -0.15) is 5.10 Å². The van der Waals surface area contributed by atoms with Crippen molar-refractivity contribution in [3.8, 4) is 0 Å². The lowest BCUT2D eigenvalue weighted by Gasteiger charge is -2.20. The van der Waals surface area contributed by atoms with Crippen LogP contribution in [0.2, 0.25) is 5.02 Å². The highest BCUT2D eigenvalue weighted by atomic mass is 35.5. The van der Waals surface area contributed by atoms with Gasteiger partial charge in [0.25, 0.3) is 0 Å². The van der Waals surface area contributed by atoms with Crippen LogP contribution < -0.4 is 10.6 Å². The van der Waals surface area contributed by atoms with Crippen LogP contribution in [0.15, 0.2) is 36.5 Å². The zero-order valence-corrected chi connectivity index (χ0v) is 13.6. The van der Waals surface area contributed by atoms with Crippen molar-refractivity contribution in [3.63, 3.8) is 0 Å². The van der Waals surface area contributed by atoms with Gasteiger partial charge in [-0.3, -0.25) is 4.68 Å². The summed E-state index contributed by atoms with van der Waals surface area (Å²) in [5, 5.41) is 10.6. The first-order valence-electron chi connectivity index (χ1n) is 7.52. The Balaban J connectivity index is 1.56. The van der Waals surface area contributed by atoms with Crippen LogP contribution in [-0.4, -0.2) is 28.5 Å². The van der Waals surface area contributed by atoms with E-state index in [0.717, 1.165) is 17.7 Å². The number of urea groups is 1. The first-order chi connectivity index (χ1) is 11.1. The first kappa shape index (κ1) is 15.8. The summed E-state index contributed by atoms with van der Waals surface area (Å²) < 4.78 is 7.49. The summed E-state index contributed by atoms with van der Waals surface area (Å²) in [6.45, 7) is 1.06. The van der Waals surface area contributed by atoms with Gasteiger partial charge in [0, 0.05) is 24.9 Å². The Morgan fingerprint density at radius 2 is 2.17 bits per heavy atom. The molecule has 1 fully saturated rings. The molecular weight excluding hydrogens is 316 g/mol. The van der Waals surface area contributed by atoms with E-state index in [1.54, 1.807) is 10.9 Å². The maximum absolute atomic E-state index is 12.1. The molecule has 6 nitrogen and oxygen atoms in total. The number of hydrogen-bond acceptors (Lipinski definition) is 3. The van der Waals surface area contributed by atoms with E-state index >= 15 is 0 Å². The predicted octanol–water partition coefficient (Wildman–Crippen LogP) is 2.40. The SMILES string of the molecule is Cn1nccc1CNC(=O)N[C@@H]1CCO[C@H]1c1ccc(Cl)cc1. The Morgan fingerprint density at radius 1 is 1.39 bits per heavy atom. The third kappa shape index (κ3) is 3.83. The van der Waals surface area contributed by atoms with Crippen LogP contribution in [0.3, 0.4) is 0 Å².